The largest absolute Gasteiger partial charge is 0.478 e. The van der Waals surface area contributed by atoms with E-state index in [0.29, 0.717) is 16.5 Å². The van der Waals surface area contributed by atoms with Crippen molar-refractivity contribution < 1.29 is 9.90 Å². The van der Waals surface area contributed by atoms with Crippen molar-refractivity contribution in [2.24, 2.45) is 0 Å². The van der Waals surface area contributed by atoms with Crippen molar-refractivity contribution in [1.29, 1.82) is 0 Å². The second-order valence-corrected chi connectivity index (χ2v) is 6.56. The van der Waals surface area contributed by atoms with Crippen LogP contribution in [-0.2, 0) is 0 Å². The molecule has 0 aliphatic carbocycles. The summed E-state index contributed by atoms with van der Waals surface area (Å²) in [4.78, 5) is 14.3. The third-order valence-electron chi connectivity index (χ3n) is 4.68. The van der Waals surface area contributed by atoms with E-state index < -0.39 is 5.97 Å². The molecular weight excluding hydrogens is 348 g/mol. The lowest BCUT2D eigenvalue weighted by Gasteiger charge is -2.12. The van der Waals surface area contributed by atoms with Crippen molar-refractivity contribution >= 4 is 28.5 Å². The summed E-state index contributed by atoms with van der Waals surface area (Å²) in [5, 5.41) is 14.1. The van der Waals surface area contributed by atoms with E-state index in [1.165, 1.54) is 18.2 Å². The zero-order valence-corrected chi connectivity index (χ0v) is 15.7. The Morgan fingerprint density at radius 1 is 1.19 bits per heavy atom. The summed E-state index contributed by atoms with van der Waals surface area (Å²) in [6, 6.07) is 12.4. The molecule has 1 saturated heterocycles. The number of carboxylic acids is 1. The lowest BCUT2D eigenvalue weighted by molar-refractivity contribution is 0.0699. The summed E-state index contributed by atoms with van der Waals surface area (Å²) in [5.41, 5.74) is 4.10. The third kappa shape index (κ3) is 3.48. The first kappa shape index (κ1) is 18.5. The van der Waals surface area contributed by atoms with Gasteiger partial charge < -0.3 is 15.4 Å². The molecule has 3 N–H and O–H groups in total. The third-order valence-corrected chi connectivity index (χ3v) is 5.00. The van der Waals surface area contributed by atoms with Gasteiger partial charge in [0, 0.05) is 28.7 Å². The highest BCUT2D eigenvalue weighted by molar-refractivity contribution is 6.34. The lowest BCUT2D eigenvalue weighted by atomic mass is 9.98. The molecule has 3 aromatic rings. The highest BCUT2D eigenvalue weighted by atomic mass is 35.5. The smallest absolute Gasteiger partial charge is 0.337 e. The Kier molecular flexibility index (Phi) is 5.64. The number of aromatic nitrogens is 1. The minimum atomic E-state index is -0.947. The van der Waals surface area contributed by atoms with Crippen LogP contribution in [0.15, 0.2) is 42.6 Å². The molecule has 4 nitrogen and oxygen atoms in total. The minimum Gasteiger partial charge on any atom is -0.478 e. The molecule has 2 aromatic carbocycles. The van der Waals surface area contributed by atoms with Crippen molar-refractivity contribution in [3.63, 3.8) is 0 Å². The van der Waals surface area contributed by atoms with Crippen molar-refractivity contribution in [3.8, 4) is 11.1 Å². The highest BCUT2D eigenvalue weighted by Gasteiger charge is 2.17. The summed E-state index contributed by atoms with van der Waals surface area (Å²) < 4.78 is 0. The van der Waals surface area contributed by atoms with Crippen LogP contribution >= 0.6 is 11.6 Å². The monoisotopic (exact) mass is 370 g/mol. The molecule has 2 heterocycles. The lowest BCUT2D eigenvalue weighted by Crippen LogP contribution is -2.12. The summed E-state index contributed by atoms with van der Waals surface area (Å²) in [5.74, 6) is -0.947. The molecule has 0 saturated carbocycles. The zero-order chi connectivity index (χ0) is 18.7. The van der Waals surface area contributed by atoms with Gasteiger partial charge in [0.15, 0.2) is 0 Å². The fraction of sp³-hybridized carbons (Fsp3) is 0.286. The Labute approximate surface area is 158 Å². The van der Waals surface area contributed by atoms with E-state index >= 15 is 0 Å². The van der Waals surface area contributed by atoms with E-state index in [1.54, 1.807) is 6.07 Å². The molecule has 136 valence electrons. The topological polar surface area (TPSA) is 65.1 Å². The van der Waals surface area contributed by atoms with Crippen LogP contribution in [0.5, 0.6) is 0 Å². The first-order chi connectivity index (χ1) is 12.6. The number of H-pyrrole nitrogens is 1. The van der Waals surface area contributed by atoms with Gasteiger partial charge in [-0.3, -0.25) is 0 Å². The molecule has 1 aliphatic heterocycles. The number of hydrogen-bond acceptors (Lipinski definition) is 2. The van der Waals surface area contributed by atoms with Crippen LogP contribution in [0.2, 0.25) is 5.02 Å². The van der Waals surface area contributed by atoms with Crippen molar-refractivity contribution in [2.45, 2.75) is 32.7 Å². The molecule has 1 atom stereocenters. The number of hydrogen-bond donors (Lipinski definition) is 3. The molecule has 4 rings (SSSR count). The molecule has 26 heavy (non-hydrogen) atoms. The van der Waals surface area contributed by atoms with Crippen LogP contribution < -0.4 is 5.32 Å². The van der Waals surface area contributed by atoms with E-state index in [1.807, 2.05) is 19.9 Å². The fourth-order valence-electron chi connectivity index (χ4n) is 3.41. The number of carboxylic acid groups (broad SMARTS) is 1. The van der Waals surface area contributed by atoms with E-state index in [0.717, 1.165) is 29.6 Å². The SMILES string of the molecule is CC.O=C(O)c1c[nH]c2cc(Cl)c(-c3ccc(C4CCCN4)cc3)cc12. The van der Waals surface area contributed by atoms with Crippen LogP contribution in [0.3, 0.4) is 0 Å². The number of benzene rings is 2. The predicted octanol–water partition coefficient (Wildman–Crippen LogP) is 5.64. The molecule has 0 radical (unpaired) electrons. The number of aromatic amines is 1. The molecule has 5 heteroatoms. The van der Waals surface area contributed by atoms with E-state index in [2.05, 4.69) is 34.6 Å². The molecule has 1 aromatic heterocycles. The second-order valence-electron chi connectivity index (χ2n) is 6.16. The summed E-state index contributed by atoms with van der Waals surface area (Å²) in [7, 11) is 0. The molecule has 0 amide bonds. The first-order valence-electron chi connectivity index (χ1n) is 9.01. The molecule has 0 bridgehead atoms. The standard InChI is InChI=1S/C19H17ClN2O2.C2H6/c20-16-9-18-14(15(10-22-18)19(23)24)8-13(16)11-3-5-12(6-4-11)17-2-1-7-21-17;1-2/h3-6,8-10,17,21-22H,1-2,7H2,(H,23,24);1-2H3. The average Bonchev–Trinajstić information content (AvgIpc) is 3.32. The number of nitrogens with one attached hydrogen (secondary N) is 2. The molecular formula is C21H23ClN2O2. The minimum absolute atomic E-state index is 0.259. The number of carbonyl (C=O) groups is 1. The Morgan fingerprint density at radius 2 is 1.92 bits per heavy atom. The van der Waals surface area contributed by atoms with Crippen molar-refractivity contribution in [2.75, 3.05) is 6.54 Å². The fourth-order valence-corrected chi connectivity index (χ4v) is 3.68. The number of fused-ring (bicyclic) bond motifs is 1. The van der Waals surface area contributed by atoms with E-state index in [4.69, 9.17) is 11.6 Å². The van der Waals surface area contributed by atoms with Crippen LogP contribution in [0, 0.1) is 0 Å². The number of rotatable bonds is 3. The molecule has 1 unspecified atom stereocenters. The average molecular weight is 371 g/mol. The molecule has 1 aliphatic rings. The van der Waals surface area contributed by atoms with Crippen molar-refractivity contribution in [3.05, 3.63) is 58.7 Å². The number of halogens is 1. The Hall–Kier alpha value is -2.30. The van der Waals surface area contributed by atoms with Gasteiger partial charge >= 0.3 is 5.97 Å². The predicted molar refractivity (Wildman–Crippen MR) is 107 cm³/mol. The van der Waals surface area contributed by atoms with Crippen LogP contribution in [0.1, 0.15) is 48.7 Å². The molecule has 0 spiro atoms. The van der Waals surface area contributed by atoms with E-state index in [-0.39, 0.29) is 5.56 Å². The maximum Gasteiger partial charge on any atom is 0.337 e. The van der Waals surface area contributed by atoms with Crippen molar-refractivity contribution in [1.82, 2.24) is 10.3 Å². The van der Waals surface area contributed by atoms with E-state index in [9.17, 15) is 9.90 Å². The highest BCUT2D eigenvalue weighted by Crippen LogP contribution is 2.34. The Morgan fingerprint density at radius 3 is 2.54 bits per heavy atom. The van der Waals surface area contributed by atoms with Gasteiger partial charge in [0.2, 0.25) is 0 Å². The second kappa shape index (κ2) is 7.94. The summed E-state index contributed by atoms with van der Waals surface area (Å²) >= 11 is 6.41. The van der Waals surface area contributed by atoms with Gasteiger partial charge in [0.25, 0.3) is 0 Å². The molecule has 1 fully saturated rings. The normalized spacial score (nSPS) is 16.3. The summed E-state index contributed by atoms with van der Waals surface area (Å²) in [6.07, 6.45) is 3.87. The number of aromatic carboxylic acids is 1. The van der Waals surface area contributed by atoms with Gasteiger partial charge in [-0.05, 0) is 42.6 Å². The Bertz CT molecular complexity index is 910. The maximum absolute atomic E-state index is 11.3. The quantitative estimate of drug-likeness (QED) is 0.559. The van der Waals surface area contributed by atoms with Crippen LogP contribution in [0.4, 0.5) is 0 Å². The Balaban J connectivity index is 0.000000948. The maximum atomic E-state index is 11.3. The zero-order valence-electron chi connectivity index (χ0n) is 15.0. The van der Waals surface area contributed by atoms with Crippen LogP contribution in [0.25, 0.3) is 22.0 Å². The van der Waals surface area contributed by atoms with Gasteiger partial charge in [-0.1, -0.05) is 49.7 Å². The van der Waals surface area contributed by atoms with Gasteiger partial charge in [-0.25, -0.2) is 4.79 Å². The van der Waals surface area contributed by atoms with Gasteiger partial charge in [-0.15, -0.1) is 0 Å². The van der Waals surface area contributed by atoms with Gasteiger partial charge in [0.1, 0.15) is 0 Å². The summed E-state index contributed by atoms with van der Waals surface area (Å²) in [6.45, 7) is 5.07. The first-order valence-corrected chi connectivity index (χ1v) is 9.39. The van der Waals surface area contributed by atoms with Gasteiger partial charge in [-0.2, -0.15) is 0 Å². The van der Waals surface area contributed by atoms with Crippen LogP contribution in [-0.4, -0.2) is 22.6 Å². The van der Waals surface area contributed by atoms with Gasteiger partial charge in [0.05, 0.1) is 10.6 Å².